The van der Waals surface area contributed by atoms with Gasteiger partial charge in [-0.25, -0.2) is 0 Å². The van der Waals surface area contributed by atoms with E-state index >= 15 is 0 Å². The lowest BCUT2D eigenvalue weighted by Gasteiger charge is -2.15. The van der Waals surface area contributed by atoms with Crippen molar-refractivity contribution in [2.24, 2.45) is 5.92 Å². The number of hydrogen-bond donors (Lipinski definition) is 1. The molecule has 1 N–H and O–H groups in total. The molecule has 0 saturated carbocycles. The summed E-state index contributed by atoms with van der Waals surface area (Å²) in [6, 6.07) is 4.59. The van der Waals surface area contributed by atoms with Crippen molar-refractivity contribution in [3.8, 4) is 0 Å². The van der Waals surface area contributed by atoms with Gasteiger partial charge in [-0.15, -0.1) is 0 Å². The minimum absolute atomic E-state index is 0.194. The van der Waals surface area contributed by atoms with Gasteiger partial charge in [-0.1, -0.05) is 13.8 Å². The van der Waals surface area contributed by atoms with Gasteiger partial charge >= 0.3 is 0 Å². The average molecular weight is 304 g/mol. The predicted molar refractivity (Wildman–Crippen MR) is 80.9 cm³/mol. The number of hydrogen-bond acceptors (Lipinski definition) is 4. The van der Waals surface area contributed by atoms with Crippen LogP contribution in [-0.4, -0.2) is 49.4 Å². The fourth-order valence-corrected chi connectivity index (χ4v) is 2.33. The second kappa shape index (κ2) is 6.70. The van der Waals surface area contributed by atoms with Crippen molar-refractivity contribution in [1.29, 1.82) is 0 Å². The Labute approximate surface area is 129 Å². The average Bonchev–Trinajstić information content (AvgIpc) is 2.72. The van der Waals surface area contributed by atoms with Crippen LogP contribution in [0.4, 0.5) is 0 Å². The second-order valence-corrected chi connectivity index (χ2v) is 5.62. The van der Waals surface area contributed by atoms with E-state index in [1.54, 1.807) is 19.2 Å². The molecule has 1 aromatic carbocycles. The molecule has 1 heterocycles. The first-order chi connectivity index (χ1) is 10.5. The van der Waals surface area contributed by atoms with Gasteiger partial charge in [-0.05, 0) is 24.1 Å². The fraction of sp³-hybridized carbons (Fsp3) is 0.438. The van der Waals surface area contributed by atoms with Crippen molar-refractivity contribution in [3.05, 3.63) is 34.9 Å². The lowest BCUT2D eigenvalue weighted by Crippen LogP contribution is -2.33. The quantitative estimate of drug-likeness (QED) is 0.635. The molecule has 22 heavy (non-hydrogen) atoms. The first kappa shape index (κ1) is 16.2. The van der Waals surface area contributed by atoms with E-state index in [1.807, 2.05) is 13.8 Å². The molecule has 6 nitrogen and oxygen atoms in total. The van der Waals surface area contributed by atoms with Crippen molar-refractivity contribution in [2.75, 3.05) is 26.8 Å². The summed E-state index contributed by atoms with van der Waals surface area (Å²) in [7, 11) is 1.55. The van der Waals surface area contributed by atoms with Crippen LogP contribution < -0.4 is 5.32 Å². The van der Waals surface area contributed by atoms with Gasteiger partial charge < -0.3 is 10.1 Å². The maximum atomic E-state index is 12.3. The zero-order valence-electron chi connectivity index (χ0n) is 13.0. The molecule has 0 fully saturated rings. The molecule has 0 unspecified atom stereocenters. The largest absolute Gasteiger partial charge is 0.383 e. The summed E-state index contributed by atoms with van der Waals surface area (Å²) in [5, 5.41) is 2.69. The molecule has 0 saturated heterocycles. The van der Waals surface area contributed by atoms with E-state index in [9.17, 15) is 14.4 Å². The highest BCUT2D eigenvalue weighted by Crippen LogP contribution is 2.24. The van der Waals surface area contributed by atoms with Gasteiger partial charge in [0.2, 0.25) is 0 Å². The monoisotopic (exact) mass is 304 g/mol. The number of carbonyl (C=O) groups excluding carboxylic acids is 3. The maximum absolute atomic E-state index is 12.3. The molecule has 118 valence electrons. The molecule has 1 aromatic rings. The van der Waals surface area contributed by atoms with E-state index in [4.69, 9.17) is 4.74 Å². The topological polar surface area (TPSA) is 75.7 Å². The molecule has 0 bridgehead atoms. The maximum Gasteiger partial charge on any atom is 0.261 e. The van der Waals surface area contributed by atoms with Crippen molar-refractivity contribution < 1.29 is 19.1 Å². The van der Waals surface area contributed by atoms with Gasteiger partial charge in [0.15, 0.2) is 0 Å². The zero-order valence-corrected chi connectivity index (χ0v) is 13.0. The Morgan fingerprint density at radius 1 is 1.23 bits per heavy atom. The Hall–Kier alpha value is -2.21. The second-order valence-electron chi connectivity index (χ2n) is 5.62. The lowest BCUT2D eigenvalue weighted by molar-refractivity contribution is 0.0636. The van der Waals surface area contributed by atoms with Crippen LogP contribution in [0.15, 0.2) is 18.2 Å². The lowest BCUT2D eigenvalue weighted by atomic mass is 10.1. The molecule has 3 amide bonds. The van der Waals surface area contributed by atoms with Crippen LogP contribution in [0.3, 0.4) is 0 Å². The highest BCUT2D eigenvalue weighted by molar-refractivity contribution is 6.22. The number of imide groups is 1. The number of benzene rings is 1. The van der Waals surface area contributed by atoms with Crippen LogP contribution in [0.1, 0.15) is 44.9 Å². The van der Waals surface area contributed by atoms with Gasteiger partial charge in [0.1, 0.15) is 0 Å². The SMILES string of the molecule is COCCNC(=O)c1ccc2c(c1)C(=O)N(CC(C)C)C2=O. The first-order valence-electron chi connectivity index (χ1n) is 7.23. The van der Waals surface area contributed by atoms with Crippen molar-refractivity contribution in [1.82, 2.24) is 10.2 Å². The van der Waals surface area contributed by atoms with Crippen LogP contribution in [-0.2, 0) is 4.74 Å². The van der Waals surface area contributed by atoms with Crippen LogP contribution in [0.5, 0.6) is 0 Å². The van der Waals surface area contributed by atoms with E-state index in [2.05, 4.69) is 5.32 Å². The van der Waals surface area contributed by atoms with Gasteiger partial charge in [0.25, 0.3) is 17.7 Å². The van der Waals surface area contributed by atoms with E-state index in [0.717, 1.165) is 0 Å². The Morgan fingerprint density at radius 3 is 2.55 bits per heavy atom. The summed E-state index contributed by atoms with van der Waals surface area (Å²) >= 11 is 0. The molecule has 0 aromatic heterocycles. The normalized spacial score (nSPS) is 13.7. The van der Waals surface area contributed by atoms with Gasteiger partial charge in [-0.2, -0.15) is 0 Å². The molecule has 1 aliphatic rings. The molecule has 2 rings (SSSR count). The van der Waals surface area contributed by atoms with E-state index in [0.29, 0.717) is 36.4 Å². The molecule has 0 spiro atoms. The van der Waals surface area contributed by atoms with E-state index < -0.39 is 0 Å². The molecule has 0 atom stereocenters. The smallest absolute Gasteiger partial charge is 0.261 e. The summed E-state index contributed by atoms with van der Waals surface area (Å²) < 4.78 is 4.86. The molecule has 6 heteroatoms. The van der Waals surface area contributed by atoms with Crippen LogP contribution in [0.25, 0.3) is 0 Å². The standard InChI is InChI=1S/C16H20N2O4/c1-10(2)9-18-15(20)12-5-4-11(8-13(12)16(18)21)14(19)17-6-7-22-3/h4-5,8,10H,6-7,9H2,1-3H3,(H,17,19). The number of nitrogens with zero attached hydrogens (tertiary/aromatic N) is 1. The number of ether oxygens (including phenoxy) is 1. The highest BCUT2D eigenvalue weighted by Gasteiger charge is 2.36. The van der Waals surface area contributed by atoms with Crippen LogP contribution in [0, 0.1) is 5.92 Å². The van der Waals surface area contributed by atoms with Gasteiger partial charge in [0, 0.05) is 25.8 Å². The van der Waals surface area contributed by atoms with Crippen molar-refractivity contribution >= 4 is 17.7 Å². The highest BCUT2D eigenvalue weighted by atomic mass is 16.5. The summed E-state index contributed by atoms with van der Waals surface area (Å²) in [5.41, 5.74) is 1.02. The van der Waals surface area contributed by atoms with Crippen LogP contribution >= 0.6 is 0 Å². The Morgan fingerprint density at radius 2 is 1.91 bits per heavy atom. The molecular formula is C16H20N2O4. The van der Waals surface area contributed by atoms with E-state index in [1.165, 1.54) is 11.0 Å². The first-order valence-corrected chi connectivity index (χ1v) is 7.23. The minimum Gasteiger partial charge on any atom is -0.383 e. The molecule has 0 aliphatic carbocycles. The van der Waals surface area contributed by atoms with Crippen LogP contribution in [0.2, 0.25) is 0 Å². The number of fused-ring (bicyclic) bond motifs is 1. The number of rotatable bonds is 6. The third kappa shape index (κ3) is 3.17. The minimum atomic E-state index is -0.333. The Kier molecular flexibility index (Phi) is 4.92. The number of amides is 3. The third-order valence-electron chi connectivity index (χ3n) is 3.37. The number of nitrogens with one attached hydrogen (secondary N) is 1. The van der Waals surface area contributed by atoms with Gasteiger partial charge in [-0.3, -0.25) is 19.3 Å². The molecular weight excluding hydrogens is 284 g/mol. The fourth-order valence-electron chi connectivity index (χ4n) is 2.33. The summed E-state index contributed by atoms with van der Waals surface area (Å²) in [5.74, 6) is -0.721. The molecule has 1 aliphatic heterocycles. The number of methoxy groups -OCH3 is 1. The summed E-state index contributed by atoms with van der Waals surface area (Å²) in [4.78, 5) is 37.8. The van der Waals surface area contributed by atoms with E-state index in [-0.39, 0.29) is 23.6 Å². The predicted octanol–water partition coefficient (Wildman–Crippen LogP) is 1.31. The third-order valence-corrected chi connectivity index (χ3v) is 3.37. The van der Waals surface area contributed by atoms with Crippen molar-refractivity contribution in [2.45, 2.75) is 13.8 Å². The summed E-state index contributed by atoms with van der Waals surface area (Å²) in [6.45, 7) is 5.06. The van der Waals surface area contributed by atoms with Crippen molar-refractivity contribution in [3.63, 3.8) is 0 Å². The summed E-state index contributed by atoms with van der Waals surface area (Å²) in [6.07, 6.45) is 0. The number of carbonyl (C=O) groups is 3. The van der Waals surface area contributed by atoms with Gasteiger partial charge in [0.05, 0.1) is 17.7 Å². The Bertz CT molecular complexity index is 610. The Balaban J connectivity index is 2.20. The molecule has 0 radical (unpaired) electrons. The zero-order chi connectivity index (χ0) is 16.3.